The highest BCUT2D eigenvalue weighted by Gasteiger charge is 2.25. The zero-order valence-corrected chi connectivity index (χ0v) is 20.7. The molecular weight excluding hydrogens is 442 g/mol. The van der Waals surface area contributed by atoms with Gasteiger partial charge in [-0.15, -0.1) is 0 Å². The molecule has 9 heteroatoms. The van der Waals surface area contributed by atoms with E-state index in [0.717, 1.165) is 31.6 Å². The number of nitrogens with one attached hydrogen (secondary N) is 1. The molecule has 2 aliphatic heterocycles. The number of nitrogens with two attached hydrogens (primary N) is 1. The van der Waals surface area contributed by atoms with Crippen molar-refractivity contribution < 1.29 is 9.59 Å². The summed E-state index contributed by atoms with van der Waals surface area (Å²) in [5.41, 5.74) is 8.67. The van der Waals surface area contributed by atoms with Crippen molar-refractivity contribution in [1.29, 1.82) is 0 Å². The summed E-state index contributed by atoms with van der Waals surface area (Å²) in [5, 5.41) is 3.27. The molecule has 2 aliphatic rings. The second-order valence-corrected chi connectivity index (χ2v) is 9.25. The average Bonchev–Trinajstić information content (AvgIpc) is 2.89. The number of piperidine rings is 1. The SMILES string of the molecule is C=CC(=O)N1CCN(c2nc(Nc3ccc(C4CCN(C)CC4)cc3)c(C(N)=O)nc2CC)CC1. The molecule has 1 aromatic heterocycles. The monoisotopic (exact) mass is 477 g/mol. The maximum absolute atomic E-state index is 12.2. The van der Waals surface area contributed by atoms with Gasteiger partial charge in [-0.2, -0.15) is 0 Å². The number of amides is 2. The lowest BCUT2D eigenvalue weighted by atomic mass is 9.89. The number of hydrogen-bond acceptors (Lipinski definition) is 7. The minimum Gasteiger partial charge on any atom is -0.364 e. The van der Waals surface area contributed by atoms with Gasteiger partial charge in [0, 0.05) is 31.9 Å². The van der Waals surface area contributed by atoms with Gasteiger partial charge in [-0.25, -0.2) is 9.97 Å². The van der Waals surface area contributed by atoms with E-state index in [0.29, 0.717) is 55.8 Å². The molecule has 9 nitrogen and oxygen atoms in total. The molecule has 0 saturated carbocycles. The van der Waals surface area contributed by atoms with Gasteiger partial charge < -0.3 is 25.8 Å². The topological polar surface area (TPSA) is 108 Å². The summed E-state index contributed by atoms with van der Waals surface area (Å²) in [6.45, 7) is 10.2. The minimum absolute atomic E-state index is 0.0680. The Bertz CT molecular complexity index is 1070. The van der Waals surface area contributed by atoms with Crippen molar-refractivity contribution in [2.75, 3.05) is 56.5 Å². The molecule has 35 heavy (non-hydrogen) atoms. The lowest BCUT2D eigenvalue weighted by molar-refractivity contribution is -0.126. The Kier molecular flexibility index (Phi) is 7.65. The Labute approximate surface area is 207 Å². The van der Waals surface area contributed by atoms with Crippen molar-refractivity contribution >= 4 is 29.1 Å². The number of carbonyl (C=O) groups excluding carboxylic acids is 2. The highest BCUT2D eigenvalue weighted by atomic mass is 16.2. The average molecular weight is 478 g/mol. The highest BCUT2D eigenvalue weighted by molar-refractivity contribution is 5.96. The fraction of sp³-hybridized carbons (Fsp3) is 0.462. The number of hydrogen-bond donors (Lipinski definition) is 2. The van der Waals surface area contributed by atoms with Crippen LogP contribution in [-0.4, -0.2) is 77.9 Å². The predicted octanol–water partition coefficient (Wildman–Crippen LogP) is 2.53. The first-order valence-electron chi connectivity index (χ1n) is 12.3. The van der Waals surface area contributed by atoms with Crippen molar-refractivity contribution in [3.05, 3.63) is 53.9 Å². The Morgan fingerprint density at radius 3 is 2.31 bits per heavy atom. The second-order valence-electron chi connectivity index (χ2n) is 9.25. The van der Waals surface area contributed by atoms with E-state index in [2.05, 4.69) is 45.9 Å². The highest BCUT2D eigenvalue weighted by Crippen LogP contribution is 2.30. The van der Waals surface area contributed by atoms with E-state index in [9.17, 15) is 9.59 Å². The Morgan fingerprint density at radius 2 is 1.74 bits per heavy atom. The molecule has 2 amide bonds. The molecule has 2 aromatic rings. The van der Waals surface area contributed by atoms with Crippen LogP contribution in [0.5, 0.6) is 0 Å². The number of nitrogens with zero attached hydrogens (tertiary/aromatic N) is 5. The predicted molar refractivity (Wildman–Crippen MR) is 138 cm³/mol. The van der Waals surface area contributed by atoms with Crippen molar-refractivity contribution in [3.8, 4) is 0 Å². The maximum atomic E-state index is 12.2. The fourth-order valence-corrected chi connectivity index (χ4v) is 4.80. The molecule has 0 spiro atoms. The van der Waals surface area contributed by atoms with E-state index < -0.39 is 5.91 Å². The Morgan fingerprint density at radius 1 is 1.09 bits per heavy atom. The lowest BCUT2D eigenvalue weighted by Crippen LogP contribution is -2.49. The van der Waals surface area contributed by atoms with Gasteiger partial charge in [-0.05, 0) is 69.1 Å². The second kappa shape index (κ2) is 10.9. The van der Waals surface area contributed by atoms with Crippen molar-refractivity contribution in [3.63, 3.8) is 0 Å². The van der Waals surface area contributed by atoms with Crippen LogP contribution in [0.2, 0.25) is 0 Å². The van der Waals surface area contributed by atoms with Gasteiger partial charge in [0.1, 0.15) is 0 Å². The van der Waals surface area contributed by atoms with Gasteiger partial charge in [-0.3, -0.25) is 9.59 Å². The fourth-order valence-electron chi connectivity index (χ4n) is 4.80. The quantitative estimate of drug-likeness (QED) is 0.590. The first kappa shape index (κ1) is 24.7. The third-order valence-corrected chi connectivity index (χ3v) is 6.94. The molecule has 0 bridgehead atoms. The largest absolute Gasteiger partial charge is 0.364 e. The summed E-state index contributed by atoms with van der Waals surface area (Å²) in [6.07, 6.45) is 4.27. The summed E-state index contributed by atoms with van der Waals surface area (Å²) in [4.78, 5) is 39.8. The van der Waals surface area contributed by atoms with Gasteiger partial charge in [-0.1, -0.05) is 25.6 Å². The number of rotatable bonds is 7. The van der Waals surface area contributed by atoms with Crippen LogP contribution in [0.3, 0.4) is 0 Å². The zero-order chi connectivity index (χ0) is 24.9. The van der Waals surface area contributed by atoms with Crippen LogP contribution < -0.4 is 16.0 Å². The van der Waals surface area contributed by atoms with Gasteiger partial charge >= 0.3 is 0 Å². The van der Waals surface area contributed by atoms with E-state index in [1.54, 1.807) is 4.90 Å². The number of anilines is 3. The van der Waals surface area contributed by atoms with Gasteiger partial charge in [0.05, 0.1) is 5.69 Å². The summed E-state index contributed by atoms with van der Waals surface area (Å²) in [5.74, 6) is 0.949. The third kappa shape index (κ3) is 5.62. The van der Waals surface area contributed by atoms with Crippen LogP contribution in [0.25, 0.3) is 0 Å². The molecule has 0 atom stereocenters. The number of aryl methyl sites for hydroxylation is 1. The first-order chi connectivity index (χ1) is 16.9. The third-order valence-electron chi connectivity index (χ3n) is 6.94. The van der Waals surface area contributed by atoms with Crippen LogP contribution >= 0.6 is 0 Å². The number of likely N-dealkylation sites (tertiary alicyclic amines) is 1. The summed E-state index contributed by atoms with van der Waals surface area (Å²) < 4.78 is 0. The Hall–Kier alpha value is -3.46. The van der Waals surface area contributed by atoms with Gasteiger partial charge in [0.15, 0.2) is 17.3 Å². The number of primary amides is 1. The van der Waals surface area contributed by atoms with Crippen LogP contribution in [0.4, 0.5) is 17.3 Å². The number of carbonyl (C=O) groups is 2. The smallest absolute Gasteiger partial charge is 0.271 e. The number of aromatic nitrogens is 2. The van der Waals surface area contributed by atoms with Crippen molar-refractivity contribution in [2.45, 2.75) is 32.1 Å². The summed E-state index contributed by atoms with van der Waals surface area (Å²) in [7, 11) is 2.17. The standard InChI is InChI=1S/C26H35N7O2/c1-4-21-26(33-16-14-32(15-17-33)22(34)5-2)30-25(23(29-21)24(27)35)28-20-8-6-18(7-9-20)19-10-12-31(3)13-11-19/h5-9,19H,2,4,10-17H2,1,3H3,(H2,27,35)(H,28,30). The normalized spacial score (nSPS) is 17.3. The van der Waals surface area contributed by atoms with Crippen LogP contribution in [-0.2, 0) is 11.2 Å². The molecule has 3 heterocycles. The lowest BCUT2D eigenvalue weighted by Gasteiger charge is -2.35. The molecule has 0 radical (unpaired) electrons. The van der Waals surface area contributed by atoms with Crippen molar-refractivity contribution in [1.82, 2.24) is 19.8 Å². The molecule has 0 unspecified atom stereocenters. The molecular formula is C26H35N7O2. The van der Waals surface area contributed by atoms with E-state index in [1.165, 1.54) is 11.6 Å². The maximum Gasteiger partial charge on any atom is 0.271 e. The molecule has 4 rings (SSSR count). The van der Waals surface area contributed by atoms with Crippen molar-refractivity contribution in [2.24, 2.45) is 5.73 Å². The molecule has 1 aromatic carbocycles. The Balaban J connectivity index is 1.55. The zero-order valence-electron chi connectivity index (χ0n) is 20.7. The van der Waals surface area contributed by atoms with E-state index in [-0.39, 0.29) is 11.6 Å². The number of benzene rings is 1. The summed E-state index contributed by atoms with van der Waals surface area (Å²) >= 11 is 0. The molecule has 186 valence electrons. The van der Waals surface area contributed by atoms with Crippen LogP contribution in [0.1, 0.15) is 47.4 Å². The van der Waals surface area contributed by atoms with Crippen LogP contribution in [0.15, 0.2) is 36.9 Å². The van der Waals surface area contributed by atoms with E-state index in [4.69, 9.17) is 10.7 Å². The molecule has 2 fully saturated rings. The summed E-state index contributed by atoms with van der Waals surface area (Å²) in [6, 6.07) is 8.33. The minimum atomic E-state index is -0.620. The van der Waals surface area contributed by atoms with Crippen LogP contribution in [0, 0.1) is 0 Å². The molecule has 3 N–H and O–H groups in total. The first-order valence-corrected chi connectivity index (χ1v) is 12.3. The molecule has 2 saturated heterocycles. The van der Waals surface area contributed by atoms with E-state index >= 15 is 0 Å². The van der Waals surface area contributed by atoms with E-state index in [1.807, 2.05) is 19.1 Å². The molecule has 0 aliphatic carbocycles. The van der Waals surface area contributed by atoms with Gasteiger partial charge in [0.25, 0.3) is 5.91 Å². The number of piperazine rings is 1. The van der Waals surface area contributed by atoms with Gasteiger partial charge in [0.2, 0.25) is 5.91 Å².